The number of rotatable bonds is 22. The molecule has 2 heterocycles. The van der Waals surface area contributed by atoms with Crippen LogP contribution in [0.1, 0.15) is 122 Å². The summed E-state index contributed by atoms with van der Waals surface area (Å²) in [6.45, 7) is 5.16. The van der Waals surface area contributed by atoms with Crippen LogP contribution in [-0.4, -0.2) is 32.0 Å². The predicted octanol–water partition coefficient (Wildman–Crippen LogP) is 7.82. The lowest BCUT2D eigenvalue weighted by molar-refractivity contribution is -0.692. The number of hydrogen-bond donors (Lipinski definition) is 1. The van der Waals surface area contributed by atoms with Gasteiger partial charge in [0.05, 0.1) is 18.1 Å². The molecule has 6 heteroatoms. The molecule has 1 amide bonds. The summed E-state index contributed by atoms with van der Waals surface area (Å²) in [4.78, 5) is 11.9. The van der Waals surface area contributed by atoms with E-state index in [9.17, 15) is 4.79 Å². The lowest BCUT2D eigenvalue weighted by atomic mass is 9.97. The molecule has 5 nitrogen and oxygen atoms in total. The fraction of sp³-hybridized carbons (Fsp3) is 0.862. The molecular weight excluding hydrogens is 456 g/mol. The largest absolute Gasteiger partial charge is 0.447 e. The normalized spacial score (nSPS) is 17.6. The monoisotopic (exact) mass is 509 g/mol. The van der Waals surface area contributed by atoms with Gasteiger partial charge in [-0.15, -0.1) is 0 Å². The number of carbonyl (C=O) groups is 1. The molecule has 1 aromatic rings. The third-order valence-corrected chi connectivity index (χ3v) is 7.84. The maximum atomic E-state index is 11.9. The summed E-state index contributed by atoms with van der Waals surface area (Å²) in [5, 5.41) is 4.93. The van der Waals surface area contributed by atoms with E-state index in [2.05, 4.69) is 33.9 Å². The SMILES string of the molecule is CCCCCCCCCCCCCCCC[C@H]1CO[C@H](COC(=O)NCCCC[n+]2ccsc2)C1. The van der Waals surface area contributed by atoms with E-state index in [1.54, 1.807) is 11.3 Å². The van der Waals surface area contributed by atoms with Crippen LogP contribution < -0.4 is 9.88 Å². The summed E-state index contributed by atoms with van der Waals surface area (Å²) in [6.07, 6.45) is 25.8. The average molecular weight is 510 g/mol. The van der Waals surface area contributed by atoms with Crippen molar-refractivity contribution in [2.75, 3.05) is 19.8 Å². The number of ether oxygens (including phenoxy) is 2. The quantitative estimate of drug-likeness (QED) is 0.128. The van der Waals surface area contributed by atoms with E-state index in [4.69, 9.17) is 9.47 Å². The molecule has 35 heavy (non-hydrogen) atoms. The second kappa shape index (κ2) is 21.0. The second-order valence-electron chi connectivity index (χ2n) is 10.4. The van der Waals surface area contributed by atoms with Crippen LogP contribution in [0.2, 0.25) is 0 Å². The van der Waals surface area contributed by atoms with Crippen LogP contribution in [0.15, 0.2) is 17.1 Å². The Morgan fingerprint density at radius 3 is 2.23 bits per heavy atom. The van der Waals surface area contributed by atoms with Crippen LogP contribution in [0.3, 0.4) is 0 Å². The number of amides is 1. The number of nitrogens with zero attached hydrogens (tertiary/aromatic N) is 1. The maximum Gasteiger partial charge on any atom is 0.407 e. The van der Waals surface area contributed by atoms with Gasteiger partial charge in [0.2, 0.25) is 5.51 Å². The van der Waals surface area contributed by atoms with Gasteiger partial charge >= 0.3 is 6.09 Å². The highest BCUT2D eigenvalue weighted by Crippen LogP contribution is 2.25. The first-order valence-corrected chi connectivity index (χ1v) is 15.7. The van der Waals surface area contributed by atoms with Crippen LogP contribution in [0.25, 0.3) is 0 Å². The summed E-state index contributed by atoms with van der Waals surface area (Å²) in [5.74, 6) is 0.638. The van der Waals surface area contributed by atoms with Gasteiger partial charge < -0.3 is 14.8 Å². The first kappa shape index (κ1) is 30.1. The number of aryl methyl sites for hydroxylation is 1. The van der Waals surface area contributed by atoms with E-state index < -0.39 is 0 Å². The number of alkyl carbamates (subject to hydrolysis) is 1. The average Bonchev–Trinajstić information content (AvgIpc) is 3.55. The first-order chi connectivity index (χ1) is 17.3. The summed E-state index contributed by atoms with van der Waals surface area (Å²) in [6, 6.07) is 0. The molecule has 0 radical (unpaired) electrons. The zero-order valence-corrected chi connectivity index (χ0v) is 23.3. The van der Waals surface area contributed by atoms with Gasteiger partial charge in [-0.25, -0.2) is 4.79 Å². The van der Waals surface area contributed by atoms with E-state index in [0.717, 1.165) is 32.4 Å². The minimum Gasteiger partial charge on any atom is -0.447 e. The molecule has 2 rings (SSSR count). The van der Waals surface area contributed by atoms with E-state index >= 15 is 0 Å². The Hall–Kier alpha value is -1.14. The summed E-state index contributed by atoms with van der Waals surface area (Å²) < 4.78 is 13.4. The van der Waals surface area contributed by atoms with Crippen molar-refractivity contribution in [1.29, 1.82) is 0 Å². The number of hydrogen-bond acceptors (Lipinski definition) is 4. The first-order valence-electron chi connectivity index (χ1n) is 14.7. The fourth-order valence-corrected chi connectivity index (χ4v) is 5.57. The highest BCUT2D eigenvalue weighted by Gasteiger charge is 2.26. The van der Waals surface area contributed by atoms with Crippen LogP contribution in [0, 0.1) is 5.92 Å². The predicted molar refractivity (Wildman–Crippen MR) is 146 cm³/mol. The number of nitrogens with one attached hydrogen (secondary N) is 1. The molecule has 0 bridgehead atoms. The van der Waals surface area contributed by atoms with Crippen molar-refractivity contribution >= 4 is 17.4 Å². The van der Waals surface area contributed by atoms with Crippen molar-refractivity contribution in [3.63, 3.8) is 0 Å². The van der Waals surface area contributed by atoms with Gasteiger partial charge in [-0.3, -0.25) is 0 Å². The van der Waals surface area contributed by atoms with Crippen molar-refractivity contribution in [1.82, 2.24) is 5.32 Å². The summed E-state index contributed by atoms with van der Waals surface area (Å²) in [7, 11) is 0. The molecular formula is C29H53N2O3S+. The minimum absolute atomic E-state index is 0.0763. The third kappa shape index (κ3) is 16.3. The van der Waals surface area contributed by atoms with E-state index in [0.29, 0.717) is 19.1 Å². The molecule has 0 spiro atoms. The van der Waals surface area contributed by atoms with Crippen LogP contribution in [0.5, 0.6) is 0 Å². The van der Waals surface area contributed by atoms with Crippen molar-refractivity contribution in [2.24, 2.45) is 5.92 Å². The smallest absolute Gasteiger partial charge is 0.407 e. The van der Waals surface area contributed by atoms with Crippen LogP contribution in [-0.2, 0) is 16.0 Å². The molecule has 2 atom stereocenters. The summed E-state index contributed by atoms with van der Waals surface area (Å²) >= 11 is 1.70. The molecule has 0 aromatic carbocycles. The molecule has 0 aliphatic carbocycles. The molecule has 1 aliphatic heterocycles. The van der Waals surface area contributed by atoms with Crippen molar-refractivity contribution in [3.05, 3.63) is 17.1 Å². The number of carbonyl (C=O) groups excluding carboxylic acids is 1. The topological polar surface area (TPSA) is 51.4 Å². The number of unbranched alkanes of at least 4 members (excludes halogenated alkanes) is 14. The molecule has 0 unspecified atom stereocenters. The Kier molecular flexibility index (Phi) is 18.0. The molecule has 0 saturated carbocycles. The zero-order chi connectivity index (χ0) is 24.8. The van der Waals surface area contributed by atoms with Gasteiger partial charge in [0.1, 0.15) is 13.2 Å². The lowest BCUT2D eigenvalue weighted by Crippen LogP contribution is -2.31. The van der Waals surface area contributed by atoms with Gasteiger partial charge in [-0.05, 0) is 25.2 Å². The molecule has 1 fully saturated rings. The Morgan fingerprint density at radius 2 is 1.60 bits per heavy atom. The maximum absolute atomic E-state index is 11.9. The standard InChI is InChI=1S/C29H52N2O3S/c1-2-3-4-5-6-7-8-9-10-11-12-13-14-15-18-27-23-28(33-24-27)25-34-29(32)30-19-16-17-20-31-21-22-35-26-31/h21-22,26-28H,2-20,23-25H2,1H3/p+1/t27-,28+/m1/s1. The molecule has 1 aliphatic rings. The summed E-state index contributed by atoms with van der Waals surface area (Å²) in [5.41, 5.74) is 2.11. The van der Waals surface area contributed by atoms with E-state index in [-0.39, 0.29) is 12.2 Å². The van der Waals surface area contributed by atoms with E-state index in [1.807, 2.05) is 0 Å². The Bertz CT molecular complexity index is 611. The van der Waals surface area contributed by atoms with Gasteiger partial charge in [-0.2, -0.15) is 4.57 Å². The van der Waals surface area contributed by atoms with Gasteiger partial charge in [0, 0.05) is 13.0 Å². The van der Waals surface area contributed by atoms with E-state index in [1.165, 1.54) is 96.3 Å². The van der Waals surface area contributed by atoms with Crippen LogP contribution >= 0.6 is 11.3 Å². The van der Waals surface area contributed by atoms with Crippen molar-refractivity contribution < 1.29 is 18.8 Å². The highest BCUT2D eigenvalue weighted by atomic mass is 32.1. The minimum atomic E-state index is -0.313. The molecule has 1 aromatic heterocycles. The van der Waals surface area contributed by atoms with Crippen molar-refractivity contribution in [3.8, 4) is 0 Å². The fourth-order valence-electron chi connectivity index (χ4n) is 4.94. The van der Waals surface area contributed by atoms with Crippen LogP contribution in [0.4, 0.5) is 4.79 Å². The molecule has 1 N–H and O–H groups in total. The number of aromatic nitrogens is 1. The van der Waals surface area contributed by atoms with Gasteiger partial charge in [0.15, 0.2) is 6.20 Å². The molecule has 1 saturated heterocycles. The second-order valence-corrected chi connectivity index (χ2v) is 11.2. The van der Waals surface area contributed by atoms with Gasteiger partial charge in [-0.1, -0.05) is 108 Å². The number of thiazole rings is 1. The van der Waals surface area contributed by atoms with Gasteiger partial charge in [0.25, 0.3) is 0 Å². The third-order valence-electron chi connectivity index (χ3n) is 7.17. The highest BCUT2D eigenvalue weighted by molar-refractivity contribution is 7.07. The van der Waals surface area contributed by atoms with Crippen molar-refractivity contribution in [2.45, 2.75) is 135 Å². The molecule has 202 valence electrons. The Labute approximate surface area is 219 Å². The zero-order valence-electron chi connectivity index (χ0n) is 22.5. The Balaban J connectivity index is 1.31. The Morgan fingerprint density at radius 1 is 0.943 bits per heavy atom. The lowest BCUT2D eigenvalue weighted by Gasteiger charge is -2.11.